The smallest absolute Gasteiger partial charge is 0.303 e. The van der Waals surface area contributed by atoms with Crippen LogP contribution in [0.5, 0.6) is 0 Å². The van der Waals surface area contributed by atoms with Gasteiger partial charge in [-0.1, -0.05) is 20.8 Å². The Morgan fingerprint density at radius 2 is 2.21 bits per heavy atom. The SMILES string of the molecule is CC1CCc2c(sc3nc(C(C)C)n(CCCC(=O)O)c(=O)c23)C1. The maximum atomic E-state index is 13.1. The molecule has 0 aromatic carbocycles. The second kappa shape index (κ2) is 6.67. The van der Waals surface area contributed by atoms with Crippen LogP contribution in [0.2, 0.25) is 0 Å². The topological polar surface area (TPSA) is 72.2 Å². The number of carboxylic acid groups (broad SMARTS) is 1. The third-order valence-electron chi connectivity index (χ3n) is 4.73. The zero-order valence-corrected chi connectivity index (χ0v) is 15.3. The fraction of sp³-hybridized carbons (Fsp3) is 0.611. The molecule has 0 saturated carbocycles. The minimum atomic E-state index is -0.829. The molecule has 24 heavy (non-hydrogen) atoms. The fourth-order valence-corrected chi connectivity index (χ4v) is 4.86. The van der Waals surface area contributed by atoms with Gasteiger partial charge in [0.2, 0.25) is 0 Å². The van der Waals surface area contributed by atoms with Gasteiger partial charge < -0.3 is 5.11 Å². The first-order chi connectivity index (χ1) is 11.4. The van der Waals surface area contributed by atoms with E-state index in [2.05, 4.69) is 6.92 Å². The zero-order chi connectivity index (χ0) is 17.4. The Kier molecular flexibility index (Phi) is 4.76. The van der Waals surface area contributed by atoms with Crippen molar-refractivity contribution in [3.63, 3.8) is 0 Å². The third-order valence-corrected chi connectivity index (χ3v) is 5.88. The summed E-state index contributed by atoms with van der Waals surface area (Å²) in [4.78, 5) is 30.9. The van der Waals surface area contributed by atoms with Crippen LogP contribution in [0.25, 0.3) is 10.2 Å². The summed E-state index contributed by atoms with van der Waals surface area (Å²) in [6.07, 6.45) is 3.62. The molecule has 2 aromatic rings. The predicted octanol–water partition coefficient (Wildman–Crippen LogP) is 3.57. The Morgan fingerprint density at radius 1 is 1.46 bits per heavy atom. The standard InChI is InChI=1S/C18H24N2O3S/c1-10(2)16-19-17-15(12-7-6-11(3)9-13(12)24-17)18(23)20(16)8-4-5-14(21)22/h10-11H,4-9H2,1-3H3,(H,21,22). The van der Waals surface area contributed by atoms with Crippen LogP contribution in [0, 0.1) is 5.92 Å². The molecule has 3 rings (SSSR count). The van der Waals surface area contributed by atoms with Gasteiger partial charge in [0.15, 0.2) is 0 Å². The highest BCUT2D eigenvalue weighted by molar-refractivity contribution is 7.18. The van der Waals surface area contributed by atoms with Crippen LogP contribution >= 0.6 is 11.3 Å². The van der Waals surface area contributed by atoms with E-state index in [1.54, 1.807) is 15.9 Å². The van der Waals surface area contributed by atoms with Gasteiger partial charge in [0.05, 0.1) is 5.39 Å². The van der Waals surface area contributed by atoms with Crippen molar-refractivity contribution in [2.45, 2.75) is 65.3 Å². The highest BCUT2D eigenvalue weighted by Gasteiger charge is 2.25. The Balaban J connectivity index is 2.11. The van der Waals surface area contributed by atoms with Crippen molar-refractivity contribution in [3.8, 4) is 0 Å². The molecule has 0 fully saturated rings. The van der Waals surface area contributed by atoms with E-state index in [0.717, 1.165) is 35.3 Å². The number of carboxylic acids is 1. The van der Waals surface area contributed by atoms with Crippen LogP contribution in [0.4, 0.5) is 0 Å². The molecule has 1 N–H and O–H groups in total. The number of rotatable bonds is 5. The van der Waals surface area contributed by atoms with E-state index in [-0.39, 0.29) is 17.9 Å². The lowest BCUT2D eigenvalue weighted by Gasteiger charge is -2.18. The van der Waals surface area contributed by atoms with Gasteiger partial charge in [0.1, 0.15) is 10.7 Å². The lowest BCUT2D eigenvalue weighted by atomic mass is 9.89. The zero-order valence-electron chi connectivity index (χ0n) is 14.5. The minimum Gasteiger partial charge on any atom is -0.481 e. The molecule has 1 aliphatic carbocycles. The predicted molar refractivity (Wildman–Crippen MR) is 96.0 cm³/mol. The number of hydrogen-bond acceptors (Lipinski definition) is 4. The van der Waals surface area contributed by atoms with Crippen LogP contribution in [-0.4, -0.2) is 20.6 Å². The number of aromatic nitrogens is 2. The normalized spacial score (nSPS) is 17.4. The van der Waals surface area contributed by atoms with E-state index in [4.69, 9.17) is 10.1 Å². The van der Waals surface area contributed by atoms with Crippen LogP contribution in [0.1, 0.15) is 62.2 Å². The minimum absolute atomic E-state index is 0.0149. The monoisotopic (exact) mass is 348 g/mol. The van der Waals surface area contributed by atoms with Crippen molar-refractivity contribution in [2.24, 2.45) is 5.92 Å². The summed E-state index contributed by atoms with van der Waals surface area (Å²) >= 11 is 1.67. The summed E-state index contributed by atoms with van der Waals surface area (Å²) in [6.45, 7) is 6.72. The first-order valence-electron chi connectivity index (χ1n) is 8.65. The van der Waals surface area contributed by atoms with Crippen LogP contribution in [0.3, 0.4) is 0 Å². The van der Waals surface area contributed by atoms with Gasteiger partial charge >= 0.3 is 5.97 Å². The van der Waals surface area contributed by atoms with Crippen LogP contribution in [0.15, 0.2) is 4.79 Å². The summed E-state index contributed by atoms with van der Waals surface area (Å²) in [5.41, 5.74) is 1.20. The number of aryl methyl sites for hydroxylation is 1. The molecule has 2 aromatic heterocycles. The Hall–Kier alpha value is -1.69. The second-order valence-corrected chi connectivity index (χ2v) is 8.19. The van der Waals surface area contributed by atoms with Crippen molar-refractivity contribution in [1.29, 1.82) is 0 Å². The van der Waals surface area contributed by atoms with Gasteiger partial charge in [-0.15, -0.1) is 11.3 Å². The van der Waals surface area contributed by atoms with Gasteiger partial charge in [-0.2, -0.15) is 0 Å². The molecule has 1 aliphatic rings. The van der Waals surface area contributed by atoms with Gasteiger partial charge in [-0.3, -0.25) is 14.2 Å². The molecule has 2 heterocycles. The van der Waals surface area contributed by atoms with Gasteiger partial charge in [0.25, 0.3) is 5.56 Å². The third kappa shape index (κ3) is 3.11. The van der Waals surface area contributed by atoms with Crippen molar-refractivity contribution in [3.05, 3.63) is 26.6 Å². The van der Waals surface area contributed by atoms with E-state index < -0.39 is 5.97 Å². The highest BCUT2D eigenvalue weighted by atomic mass is 32.1. The summed E-state index contributed by atoms with van der Waals surface area (Å²) in [7, 11) is 0. The van der Waals surface area contributed by atoms with E-state index in [1.165, 1.54) is 10.4 Å². The molecule has 0 spiro atoms. The summed E-state index contributed by atoms with van der Waals surface area (Å²) in [6, 6.07) is 0. The average Bonchev–Trinajstić information content (AvgIpc) is 2.86. The fourth-order valence-electron chi connectivity index (χ4n) is 3.48. The number of nitrogens with zero attached hydrogens (tertiary/aromatic N) is 2. The molecule has 1 atom stereocenters. The molecule has 0 amide bonds. The number of aliphatic carboxylic acids is 1. The quantitative estimate of drug-likeness (QED) is 0.896. The summed E-state index contributed by atoms with van der Waals surface area (Å²) < 4.78 is 1.71. The molecule has 5 nitrogen and oxygen atoms in total. The lowest BCUT2D eigenvalue weighted by Crippen LogP contribution is -2.27. The van der Waals surface area contributed by atoms with Gasteiger partial charge in [-0.25, -0.2) is 4.98 Å². The Bertz CT molecular complexity index is 835. The molecule has 1 unspecified atom stereocenters. The maximum Gasteiger partial charge on any atom is 0.303 e. The van der Waals surface area contributed by atoms with Gasteiger partial charge in [0, 0.05) is 23.8 Å². The first-order valence-corrected chi connectivity index (χ1v) is 9.47. The molecule has 0 saturated heterocycles. The van der Waals surface area contributed by atoms with Crippen LogP contribution < -0.4 is 5.56 Å². The number of thiophene rings is 1. The number of fused-ring (bicyclic) bond motifs is 3. The largest absolute Gasteiger partial charge is 0.481 e. The average molecular weight is 348 g/mol. The second-order valence-electron chi connectivity index (χ2n) is 7.11. The lowest BCUT2D eigenvalue weighted by molar-refractivity contribution is -0.137. The molecule has 0 bridgehead atoms. The van der Waals surface area contributed by atoms with E-state index in [1.807, 2.05) is 13.8 Å². The van der Waals surface area contributed by atoms with Crippen molar-refractivity contribution in [1.82, 2.24) is 9.55 Å². The van der Waals surface area contributed by atoms with Gasteiger partial charge in [-0.05, 0) is 37.2 Å². The number of carbonyl (C=O) groups is 1. The molecule has 6 heteroatoms. The van der Waals surface area contributed by atoms with E-state index in [9.17, 15) is 9.59 Å². The van der Waals surface area contributed by atoms with Crippen molar-refractivity contribution in [2.75, 3.05) is 0 Å². The Labute approximate surface area is 145 Å². The van der Waals surface area contributed by atoms with Crippen LogP contribution in [-0.2, 0) is 24.2 Å². The van der Waals surface area contributed by atoms with E-state index >= 15 is 0 Å². The summed E-state index contributed by atoms with van der Waals surface area (Å²) in [5, 5.41) is 9.64. The molecular formula is C18H24N2O3S. The maximum absolute atomic E-state index is 13.1. The summed E-state index contributed by atoms with van der Waals surface area (Å²) in [5.74, 6) is 0.729. The molecular weight excluding hydrogens is 324 g/mol. The van der Waals surface area contributed by atoms with Crippen molar-refractivity contribution >= 4 is 27.5 Å². The van der Waals surface area contributed by atoms with Crippen molar-refractivity contribution < 1.29 is 9.90 Å². The molecule has 0 aliphatic heterocycles. The van der Waals surface area contributed by atoms with E-state index in [0.29, 0.717) is 18.9 Å². The first kappa shape index (κ1) is 17.1. The highest BCUT2D eigenvalue weighted by Crippen LogP contribution is 2.36. The Morgan fingerprint density at radius 3 is 2.88 bits per heavy atom. The molecule has 0 radical (unpaired) electrons. The number of hydrogen-bond donors (Lipinski definition) is 1. The molecule has 130 valence electrons.